The number of carbonyl (C=O) groups is 2. The number of anilines is 2. The SMILES string of the molecule is CC(=O)N1c2ccc(Cl)cc2NC2=C(C(=O)C[C@@H](c3ccc(Cl)cc3)C2)[C@@H]1c1ccc(C(C)(C)C)cc1. The molecule has 1 aliphatic carbocycles. The highest BCUT2D eigenvalue weighted by atomic mass is 35.5. The third-order valence-corrected chi connectivity index (χ3v) is 7.80. The summed E-state index contributed by atoms with van der Waals surface area (Å²) in [6.45, 7) is 8.05. The summed E-state index contributed by atoms with van der Waals surface area (Å²) < 4.78 is 0. The van der Waals surface area contributed by atoms with Gasteiger partial charge in [-0.05, 0) is 64.8 Å². The van der Waals surface area contributed by atoms with Gasteiger partial charge in [-0.15, -0.1) is 0 Å². The van der Waals surface area contributed by atoms with Crippen LogP contribution in [0.3, 0.4) is 0 Å². The molecule has 0 bridgehead atoms. The maximum absolute atomic E-state index is 13.9. The van der Waals surface area contributed by atoms with E-state index in [9.17, 15) is 9.59 Å². The second-order valence-electron chi connectivity index (χ2n) is 10.9. The van der Waals surface area contributed by atoms with Crippen LogP contribution in [0.1, 0.15) is 69.2 Å². The van der Waals surface area contributed by atoms with E-state index in [-0.39, 0.29) is 23.0 Å². The zero-order valence-corrected chi connectivity index (χ0v) is 23.0. The number of halogens is 2. The van der Waals surface area contributed by atoms with Crippen molar-refractivity contribution in [2.75, 3.05) is 10.2 Å². The average molecular weight is 533 g/mol. The maximum atomic E-state index is 13.9. The summed E-state index contributed by atoms with van der Waals surface area (Å²) in [5, 5.41) is 4.74. The highest BCUT2D eigenvalue weighted by Gasteiger charge is 2.41. The molecule has 1 amide bonds. The molecule has 0 unspecified atom stereocenters. The predicted molar refractivity (Wildman–Crippen MR) is 152 cm³/mol. The third kappa shape index (κ3) is 4.93. The van der Waals surface area contributed by atoms with E-state index < -0.39 is 6.04 Å². The first-order valence-electron chi connectivity index (χ1n) is 12.5. The van der Waals surface area contributed by atoms with Gasteiger partial charge in [0.05, 0.1) is 17.4 Å². The molecule has 0 saturated heterocycles. The van der Waals surface area contributed by atoms with Crippen molar-refractivity contribution in [3.8, 4) is 0 Å². The Morgan fingerprint density at radius 2 is 1.51 bits per heavy atom. The van der Waals surface area contributed by atoms with Gasteiger partial charge in [0.2, 0.25) is 5.91 Å². The van der Waals surface area contributed by atoms with Crippen molar-refractivity contribution in [2.24, 2.45) is 0 Å². The number of amides is 1. The van der Waals surface area contributed by atoms with Gasteiger partial charge < -0.3 is 5.32 Å². The lowest BCUT2D eigenvalue weighted by molar-refractivity contribution is -0.117. The minimum Gasteiger partial charge on any atom is -0.357 e. The first kappa shape index (κ1) is 25.6. The molecule has 0 spiro atoms. The van der Waals surface area contributed by atoms with Gasteiger partial charge >= 0.3 is 0 Å². The number of ketones is 1. The summed E-state index contributed by atoms with van der Waals surface area (Å²) >= 11 is 12.5. The smallest absolute Gasteiger partial charge is 0.224 e. The topological polar surface area (TPSA) is 49.4 Å². The third-order valence-electron chi connectivity index (χ3n) is 7.32. The Balaban J connectivity index is 1.69. The Morgan fingerprint density at radius 1 is 0.892 bits per heavy atom. The van der Waals surface area contributed by atoms with Gasteiger partial charge in [-0.25, -0.2) is 0 Å². The van der Waals surface area contributed by atoms with Crippen LogP contribution in [-0.2, 0) is 15.0 Å². The van der Waals surface area contributed by atoms with E-state index in [1.807, 2.05) is 48.5 Å². The molecule has 2 aliphatic rings. The minimum absolute atomic E-state index is 0.00597. The summed E-state index contributed by atoms with van der Waals surface area (Å²) in [6, 6.07) is 20.9. The molecule has 6 heteroatoms. The summed E-state index contributed by atoms with van der Waals surface area (Å²) in [4.78, 5) is 28.9. The highest BCUT2D eigenvalue weighted by Crippen LogP contribution is 2.48. The van der Waals surface area contributed by atoms with Crippen molar-refractivity contribution in [3.63, 3.8) is 0 Å². The van der Waals surface area contributed by atoms with Gasteiger partial charge in [0.15, 0.2) is 5.78 Å². The van der Waals surface area contributed by atoms with Crippen molar-refractivity contribution in [3.05, 3.63) is 105 Å². The maximum Gasteiger partial charge on any atom is 0.224 e. The molecule has 0 radical (unpaired) electrons. The van der Waals surface area contributed by atoms with Crippen molar-refractivity contribution < 1.29 is 9.59 Å². The number of Topliss-reactive ketones (excluding diaryl/α,β-unsaturated/α-hetero) is 1. The van der Waals surface area contributed by atoms with E-state index in [4.69, 9.17) is 23.2 Å². The second kappa shape index (κ2) is 9.66. The number of rotatable bonds is 2. The Labute approximate surface area is 228 Å². The molecule has 1 heterocycles. The fourth-order valence-corrected chi connectivity index (χ4v) is 5.72. The molecule has 0 saturated carbocycles. The molecule has 1 N–H and O–H groups in total. The number of hydrogen-bond donors (Lipinski definition) is 1. The van der Waals surface area contributed by atoms with Gasteiger partial charge in [-0.1, -0.05) is 80.4 Å². The number of carbonyl (C=O) groups excluding carboxylic acids is 2. The first-order valence-corrected chi connectivity index (χ1v) is 13.3. The van der Waals surface area contributed by atoms with Gasteiger partial charge in [0.1, 0.15) is 0 Å². The van der Waals surface area contributed by atoms with Crippen LogP contribution in [0.15, 0.2) is 78.0 Å². The lowest BCUT2D eigenvalue weighted by atomic mass is 9.78. The number of allylic oxidation sites excluding steroid dienone is 1. The molecular formula is C31H30Cl2N2O2. The average Bonchev–Trinajstić information content (AvgIpc) is 2.98. The molecule has 5 rings (SSSR count). The van der Waals surface area contributed by atoms with E-state index in [2.05, 4.69) is 38.2 Å². The summed E-state index contributed by atoms with van der Waals surface area (Å²) in [7, 11) is 0. The van der Waals surface area contributed by atoms with Crippen molar-refractivity contribution in [1.29, 1.82) is 0 Å². The summed E-state index contributed by atoms with van der Waals surface area (Å²) in [5.74, 6) is -0.105. The van der Waals surface area contributed by atoms with E-state index in [1.54, 1.807) is 17.9 Å². The second-order valence-corrected chi connectivity index (χ2v) is 11.8. The van der Waals surface area contributed by atoms with Gasteiger partial charge in [-0.2, -0.15) is 0 Å². The van der Waals surface area contributed by atoms with E-state index in [1.165, 1.54) is 5.56 Å². The van der Waals surface area contributed by atoms with Crippen LogP contribution in [-0.4, -0.2) is 11.7 Å². The van der Waals surface area contributed by atoms with Gasteiger partial charge in [-0.3, -0.25) is 14.5 Å². The van der Waals surface area contributed by atoms with Crippen LogP contribution < -0.4 is 10.2 Å². The van der Waals surface area contributed by atoms with Crippen LogP contribution >= 0.6 is 23.2 Å². The van der Waals surface area contributed by atoms with Crippen molar-refractivity contribution >= 4 is 46.3 Å². The fourth-order valence-electron chi connectivity index (χ4n) is 5.42. The van der Waals surface area contributed by atoms with Crippen molar-refractivity contribution in [2.45, 2.75) is 57.9 Å². The van der Waals surface area contributed by atoms with Crippen LogP contribution in [0.2, 0.25) is 10.0 Å². The summed E-state index contributed by atoms with van der Waals surface area (Å²) in [6.07, 6.45) is 0.999. The molecule has 4 nitrogen and oxygen atoms in total. The number of nitrogens with one attached hydrogen (secondary N) is 1. The molecule has 3 aromatic carbocycles. The number of hydrogen-bond acceptors (Lipinski definition) is 3. The molecule has 190 valence electrons. The first-order chi connectivity index (χ1) is 17.5. The predicted octanol–water partition coefficient (Wildman–Crippen LogP) is 8.21. The number of fused-ring (bicyclic) bond motifs is 1. The highest BCUT2D eigenvalue weighted by molar-refractivity contribution is 6.31. The molecule has 0 fully saturated rings. The summed E-state index contributed by atoms with van der Waals surface area (Å²) in [5.41, 5.74) is 6.03. The van der Waals surface area contributed by atoms with Crippen LogP contribution in [0.25, 0.3) is 0 Å². The van der Waals surface area contributed by atoms with Crippen LogP contribution in [0.4, 0.5) is 11.4 Å². The largest absolute Gasteiger partial charge is 0.357 e. The quantitative estimate of drug-likeness (QED) is 0.361. The van der Waals surface area contributed by atoms with E-state index in [0.717, 1.165) is 16.8 Å². The Kier molecular flexibility index (Phi) is 6.68. The number of benzene rings is 3. The number of nitrogens with zero attached hydrogens (tertiary/aromatic N) is 1. The zero-order chi connectivity index (χ0) is 26.5. The molecule has 2 atom stereocenters. The zero-order valence-electron chi connectivity index (χ0n) is 21.4. The molecular weight excluding hydrogens is 503 g/mol. The molecule has 37 heavy (non-hydrogen) atoms. The molecule has 0 aromatic heterocycles. The Hall–Kier alpha value is -3.08. The monoisotopic (exact) mass is 532 g/mol. The Morgan fingerprint density at radius 3 is 2.14 bits per heavy atom. The van der Waals surface area contributed by atoms with E-state index in [0.29, 0.717) is 39.8 Å². The fraction of sp³-hybridized carbons (Fsp3) is 0.290. The van der Waals surface area contributed by atoms with E-state index >= 15 is 0 Å². The normalized spacial score (nSPS) is 19.6. The minimum atomic E-state index is -0.546. The van der Waals surface area contributed by atoms with Gasteiger partial charge in [0.25, 0.3) is 0 Å². The lowest BCUT2D eigenvalue weighted by Gasteiger charge is -2.35. The van der Waals surface area contributed by atoms with Gasteiger partial charge in [0, 0.05) is 34.7 Å². The lowest BCUT2D eigenvalue weighted by Crippen LogP contribution is -2.37. The molecule has 3 aromatic rings. The van der Waals surface area contributed by atoms with Crippen LogP contribution in [0, 0.1) is 0 Å². The van der Waals surface area contributed by atoms with Crippen molar-refractivity contribution in [1.82, 2.24) is 0 Å². The van der Waals surface area contributed by atoms with Crippen LogP contribution in [0.5, 0.6) is 0 Å². The molecule has 1 aliphatic heterocycles. The standard InChI is InChI=1S/C31H30Cl2N2O2/c1-18(36)35-27-14-13-24(33)17-25(27)34-26-15-21(19-7-11-23(32)12-8-19)16-28(37)29(26)30(35)20-5-9-22(10-6-20)31(2,3)4/h5-14,17,21,30,34H,15-16H2,1-4H3/t21-,30-/m0/s1. The Bertz CT molecular complexity index is 1400.